The second-order valence-corrected chi connectivity index (χ2v) is 4.67. The van der Waals surface area contributed by atoms with Crippen LogP contribution >= 0.6 is 23.2 Å². The van der Waals surface area contributed by atoms with Crippen molar-refractivity contribution in [3.63, 3.8) is 0 Å². The molecule has 0 aliphatic carbocycles. The highest BCUT2D eigenvalue weighted by Gasteiger charge is 2.15. The zero-order valence-electron chi connectivity index (χ0n) is 10.5. The molecular weight excluding hydrogens is 287 g/mol. The lowest BCUT2D eigenvalue weighted by Crippen LogP contribution is -2.28. The van der Waals surface area contributed by atoms with E-state index in [9.17, 15) is 4.79 Å². The first kappa shape index (κ1) is 15.5. The number of carbonyl (C=O) groups excluding carboxylic acids is 1. The largest absolute Gasteiger partial charge is 0.328 e. The van der Waals surface area contributed by atoms with Crippen LogP contribution in [0.1, 0.15) is 13.8 Å². The molecule has 0 spiro atoms. The number of hydrogen-bond donors (Lipinski definition) is 4. The SMILES string of the molecule is CC(=N)/C(C(=O)Nc1ccc(Cl)c(Cl)c1)=C(\C)NN. The van der Waals surface area contributed by atoms with Crippen LogP contribution in [-0.4, -0.2) is 11.6 Å². The van der Waals surface area contributed by atoms with Crippen LogP contribution in [0.2, 0.25) is 10.0 Å². The molecule has 1 aromatic carbocycles. The summed E-state index contributed by atoms with van der Waals surface area (Å²) in [6.45, 7) is 3.12. The van der Waals surface area contributed by atoms with Gasteiger partial charge in [-0.15, -0.1) is 0 Å². The lowest BCUT2D eigenvalue weighted by molar-refractivity contribution is -0.112. The molecule has 0 heterocycles. The van der Waals surface area contributed by atoms with Crippen molar-refractivity contribution in [1.82, 2.24) is 5.43 Å². The predicted octanol–water partition coefficient (Wildman–Crippen LogP) is 2.71. The number of nitrogens with two attached hydrogens (primary N) is 1. The van der Waals surface area contributed by atoms with E-state index in [0.717, 1.165) is 0 Å². The number of rotatable bonds is 4. The van der Waals surface area contributed by atoms with Crippen LogP contribution < -0.4 is 16.6 Å². The standard InChI is InChI=1S/C12H14Cl2N4O/c1-6(15)11(7(2)18-16)12(19)17-8-3-4-9(13)10(14)5-8/h3-5,15,18H,16H2,1-2H3,(H,17,19)/b11-7-,15-6?. The molecule has 19 heavy (non-hydrogen) atoms. The minimum atomic E-state index is -0.443. The highest BCUT2D eigenvalue weighted by molar-refractivity contribution is 6.42. The summed E-state index contributed by atoms with van der Waals surface area (Å²) in [4.78, 5) is 12.1. The van der Waals surface area contributed by atoms with Gasteiger partial charge in [0.2, 0.25) is 0 Å². The molecule has 0 fully saturated rings. The molecule has 0 atom stereocenters. The van der Waals surface area contributed by atoms with Crippen molar-refractivity contribution >= 4 is 40.5 Å². The summed E-state index contributed by atoms with van der Waals surface area (Å²) in [5, 5.41) is 11.0. The first-order valence-electron chi connectivity index (χ1n) is 5.36. The molecule has 0 saturated carbocycles. The van der Waals surface area contributed by atoms with E-state index >= 15 is 0 Å². The van der Waals surface area contributed by atoms with Gasteiger partial charge >= 0.3 is 0 Å². The second-order valence-electron chi connectivity index (χ2n) is 3.85. The highest BCUT2D eigenvalue weighted by Crippen LogP contribution is 2.25. The summed E-state index contributed by atoms with van der Waals surface area (Å²) in [6, 6.07) is 4.73. The zero-order valence-corrected chi connectivity index (χ0v) is 12.0. The van der Waals surface area contributed by atoms with Crippen LogP contribution in [0.4, 0.5) is 5.69 Å². The summed E-state index contributed by atoms with van der Waals surface area (Å²) in [6.07, 6.45) is 0. The third kappa shape index (κ3) is 3.96. The van der Waals surface area contributed by atoms with Crippen molar-refractivity contribution in [2.24, 2.45) is 5.84 Å². The van der Waals surface area contributed by atoms with Gasteiger partial charge < -0.3 is 16.2 Å². The normalized spacial score (nSPS) is 11.6. The average molecular weight is 301 g/mol. The Hall–Kier alpha value is -1.56. The molecule has 0 saturated heterocycles. The molecule has 1 amide bonds. The Morgan fingerprint density at radius 3 is 2.37 bits per heavy atom. The minimum Gasteiger partial charge on any atom is -0.328 e. The molecular formula is C12H14Cl2N4O. The van der Waals surface area contributed by atoms with Crippen molar-refractivity contribution in [2.45, 2.75) is 13.8 Å². The van der Waals surface area contributed by atoms with Gasteiger partial charge in [-0.05, 0) is 32.0 Å². The Bertz CT molecular complexity index is 555. The van der Waals surface area contributed by atoms with Gasteiger partial charge in [0.1, 0.15) is 0 Å². The summed E-state index contributed by atoms with van der Waals surface area (Å²) in [7, 11) is 0. The fraction of sp³-hybridized carbons (Fsp3) is 0.167. The van der Waals surface area contributed by atoms with Crippen LogP contribution in [0.5, 0.6) is 0 Å². The van der Waals surface area contributed by atoms with E-state index in [-0.39, 0.29) is 11.3 Å². The fourth-order valence-electron chi connectivity index (χ4n) is 1.46. The van der Waals surface area contributed by atoms with Crippen LogP contribution in [0, 0.1) is 5.41 Å². The quantitative estimate of drug-likeness (QED) is 0.298. The first-order valence-corrected chi connectivity index (χ1v) is 6.11. The number of anilines is 1. The number of nitrogens with one attached hydrogen (secondary N) is 3. The maximum atomic E-state index is 12.1. The maximum absolute atomic E-state index is 12.1. The summed E-state index contributed by atoms with van der Waals surface area (Å²) in [5.74, 6) is 4.82. The van der Waals surface area contributed by atoms with Crippen LogP contribution in [0.25, 0.3) is 0 Å². The number of hydrazine groups is 1. The lowest BCUT2D eigenvalue weighted by atomic mass is 10.1. The van der Waals surface area contributed by atoms with Crippen LogP contribution in [0.3, 0.4) is 0 Å². The smallest absolute Gasteiger partial charge is 0.259 e. The molecule has 1 aromatic rings. The molecule has 102 valence electrons. The highest BCUT2D eigenvalue weighted by atomic mass is 35.5. The molecule has 0 radical (unpaired) electrons. The third-order valence-corrected chi connectivity index (χ3v) is 3.11. The predicted molar refractivity (Wildman–Crippen MR) is 78.5 cm³/mol. The van der Waals surface area contributed by atoms with E-state index in [1.165, 1.54) is 13.0 Å². The van der Waals surface area contributed by atoms with E-state index in [4.69, 9.17) is 34.5 Å². The number of carbonyl (C=O) groups is 1. The molecule has 1 rings (SSSR count). The number of benzene rings is 1. The van der Waals surface area contributed by atoms with E-state index in [1.54, 1.807) is 19.1 Å². The minimum absolute atomic E-state index is 0.105. The van der Waals surface area contributed by atoms with Crippen LogP contribution in [0.15, 0.2) is 29.5 Å². The van der Waals surface area contributed by atoms with Crippen molar-refractivity contribution < 1.29 is 4.79 Å². The van der Waals surface area contributed by atoms with Gasteiger partial charge in [-0.2, -0.15) is 0 Å². The molecule has 0 unspecified atom stereocenters. The van der Waals surface area contributed by atoms with Crippen LogP contribution in [-0.2, 0) is 4.79 Å². The van der Waals surface area contributed by atoms with Gasteiger partial charge in [0.15, 0.2) is 0 Å². The van der Waals surface area contributed by atoms with Crippen molar-refractivity contribution in [3.05, 3.63) is 39.5 Å². The molecule has 0 aliphatic rings. The zero-order chi connectivity index (χ0) is 14.6. The number of halogens is 2. The van der Waals surface area contributed by atoms with Crippen molar-refractivity contribution in [3.8, 4) is 0 Å². The molecule has 5 nitrogen and oxygen atoms in total. The number of hydrogen-bond acceptors (Lipinski definition) is 4. The summed E-state index contributed by atoms with van der Waals surface area (Å²) < 4.78 is 0. The van der Waals surface area contributed by atoms with E-state index in [2.05, 4.69) is 10.7 Å². The maximum Gasteiger partial charge on any atom is 0.259 e. The molecule has 7 heteroatoms. The van der Waals surface area contributed by atoms with Gasteiger partial charge in [-0.3, -0.25) is 10.6 Å². The fourth-order valence-corrected chi connectivity index (χ4v) is 1.76. The van der Waals surface area contributed by atoms with Gasteiger partial charge in [0.05, 0.1) is 15.6 Å². The van der Waals surface area contributed by atoms with Crippen molar-refractivity contribution in [1.29, 1.82) is 5.41 Å². The number of amides is 1. The van der Waals surface area contributed by atoms with Gasteiger partial charge in [-0.25, -0.2) is 0 Å². The first-order chi connectivity index (χ1) is 8.86. The Morgan fingerprint density at radius 2 is 1.89 bits per heavy atom. The summed E-state index contributed by atoms with van der Waals surface area (Å²) >= 11 is 11.6. The molecule has 0 aromatic heterocycles. The average Bonchev–Trinajstić information content (AvgIpc) is 2.33. The molecule has 5 N–H and O–H groups in total. The van der Waals surface area contributed by atoms with E-state index in [0.29, 0.717) is 21.4 Å². The number of allylic oxidation sites excluding steroid dienone is 1. The monoisotopic (exact) mass is 300 g/mol. The third-order valence-electron chi connectivity index (χ3n) is 2.37. The Balaban J connectivity index is 3.01. The second kappa shape index (κ2) is 6.56. The lowest BCUT2D eigenvalue weighted by Gasteiger charge is -2.11. The Morgan fingerprint density at radius 1 is 1.26 bits per heavy atom. The Labute approximate surface area is 121 Å². The van der Waals surface area contributed by atoms with Gasteiger partial charge in [0.25, 0.3) is 5.91 Å². The van der Waals surface area contributed by atoms with E-state index in [1.807, 2.05) is 0 Å². The van der Waals surface area contributed by atoms with E-state index < -0.39 is 5.91 Å². The Kier molecular flexibility index (Phi) is 5.35. The van der Waals surface area contributed by atoms with Gasteiger partial charge in [0, 0.05) is 17.1 Å². The van der Waals surface area contributed by atoms with Gasteiger partial charge in [-0.1, -0.05) is 23.2 Å². The van der Waals surface area contributed by atoms with Crippen molar-refractivity contribution in [2.75, 3.05) is 5.32 Å². The molecule has 0 bridgehead atoms. The topological polar surface area (TPSA) is 91.0 Å². The molecule has 0 aliphatic heterocycles. The summed E-state index contributed by atoms with van der Waals surface area (Å²) in [5.41, 5.74) is 3.54.